The van der Waals surface area contributed by atoms with Crippen LogP contribution in [-0.2, 0) is 4.74 Å². The summed E-state index contributed by atoms with van der Waals surface area (Å²) < 4.78 is 7.71. The summed E-state index contributed by atoms with van der Waals surface area (Å²) in [6.07, 6.45) is 5.88. The molecule has 2 saturated heterocycles. The maximum absolute atomic E-state index is 13.0. The van der Waals surface area contributed by atoms with Crippen molar-refractivity contribution >= 4 is 11.6 Å². The van der Waals surface area contributed by atoms with Gasteiger partial charge >= 0.3 is 0 Å². The van der Waals surface area contributed by atoms with Crippen molar-refractivity contribution in [2.24, 2.45) is 0 Å². The average molecular weight is 370 g/mol. The van der Waals surface area contributed by atoms with Gasteiger partial charge in [0.1, 0.15) is 0 Å². The number of pyridine rings is 1. The fourth-order valence-corrected chi connectivity index (χ4v) is 3.83. The lowest BCUT2D eigenvalue weighted by atomic mass is 9.89. The predicted octanol–water partition coefficient (Wildman–Crippen LogP) is 1.40. The fraction of sp³-hybridized carbons (Fsp3) is 0.579. The summed E-state index contributed by atoms with van der Waals surface area (Å²) in [5.74, 6) is 0.0158. The number of morpholine rings is 1. The van der Waals surface area contributed by atoms with E-state index in [0.717, 1.165) is 32.5 Å². The van der Waals surface area contributed by atoms with Gasteiger partial charge in [-0.25, -0.2) is 0 Å². The smallest absolute Gasteiger partial charge is 0.255 e. The van der Waals surface area contributed by atoms with E-state index in [0.29, 0.717) is 30.9 Å². The number of amides is 1. The Balaban J connectivity index is 1.42. The first-order valence-electron chi connectivity index (χ1n) is 9.51. The molecule has 0 unspecified atom stereocenters. The number of piperidine rings is 1. The lowest BCUT2D eigenvalue weighted by molar-refractivity contribution is -0.126. The lowest BCUT2D eigenvalue weighted by Crippen LogP contribution is -2.58. The summed E-state index contributed by atoms with van der Waals surface area (Å²) in [5, 5.41) is 11.4. The Labute approximate surface area is 158 Å². The van der Waals surface area contributed by atoms with Crippen molar-refractivity contribution in [2.75, 3.05) is 39.3 Å². The maximum atomic E-state index is 13.0. The minimum atomic E-state index is -0.214. The van der Waals surface area contributed by atoms with Crippen LogP contribution in [0.2, 0.25) is 0 Å². The van der Waals surface area contributed by atoms with E-state index in [1.165, 1.54) is 10.1 Å². The quantitative estimate of drug-likeness (QED) is 0.760. The summed E-state index contributed by atoms with van der Waals surface area (Å²) in [5.41, 5.74) is 2.37. The topological polar surface area (TPSA) is 75.9 Å². The molecule has 0 saturated carbocycles. The normalized spacial score (nSPS) is 20.1. The SMILES string of the molecule is CC(C)=CCN1CCC2(CC1)CN(C(=O)c1ccc3nnnn3c1)CCO2. The van der Waals surface area contributed by atoms with Crippen LogP contribution in [0, 0.1) is 0 Å². The first-order valence-corrected chi connectivity index (χ1v) is 9.51. The maximum Gasteiger partial charge on any atom is 0.255 e. The number of rotatable bonds is 3. The van der Waals surface area contributed by atoms with E-state index in [9.17, 15) is 4.79 Å². The molecular formula is C19H26N6O2. The van der Waals surface area contributed by atoms with Gasteiger partial charge in [-0.15, -0.1) is 5.10 Å². The zero-order valence-corrected chi connectivity index (χ0v) is 16.0. The zero-order valence-electron chi connectivity index (χ0n) is 16.0. The number of carbonyl (C=O) groups excluding carboxylic acids is 1. The number of aromatic nitrogens is 4. The van der Waals surface area contributed by atoms with Gasteiger partial charge in [0.25, 0.3) is 5.91 Å². The van der Waals surface area contributed by atoms with Gasteiger partial charge in [-0.05, 0) is 49.2 Å². The van der Waals surface area contributed by atoms with Crippen LogP contribution < -0.4 is 0 Å². The first kappa shape index (κ1) is 18.1. The third kappa shape index (κ3) is 3.86. The average Bonchev–Trinajstić information content (AvgIpc) is 3.15. The Morgan fingerprint density at radius 2 is 2.07 bits per heavy atom. The number of likely N-dealkylation sites (tertiary alicyclic amines) is 1. The molecule has 4 heterocycles. The Kier molecular flexibility index (Phi) is 4.92. The van der Waals surface area contributed by atoms with E-state index < -0.39 is 0 Å². The van der Waals surface area contributed by atoms with Gasteiger partial charge in [0, 0.05) is 32.4 Å². The van der Waals surface area contributed by atoms with Gasteiger partial charge in [0.2, 0.25) is 0 Å². The molecule has 8 heteroatoms. The molecule has 0 aromatic carbocycles. The van der Waals surface area contributed by atoms with Crippen molar-refractivity contribution in [2.45, 2.75) is 32.3 Å². The summed E-state index contributed by atoms with van der Waals surface area (Å²) in [4.78, 5) is 17.4. The highest BCUT2D eigenvalue weighted by molar-refractivity contribution is 5.94. The van der Waals surface area contributed by atoms with Crippen LogP contribution in [0.1, 0.15) is 37.0 Å². The Bertz CT molecular complexity index is 849. The van der Waals surface area contributed by atoms with Crippen molar-refractivity contribution in [3.8, 4) is 0 Å². The van der Waals surface area contributed by atoms with Crippen molar-refractivity contribution in [3.05, 3.63) is 35.5 Å². The Morgan fingerprint density at radius 1 is 1.26 bits per heavy atom. The predicted molar refractivity (Wildman–Crippen MR) is 100 cm³/mol. The largest absolute Gasteiger partial charge is 0.371 e. The Hall–Kier alpha value is -2.32. The summed E-state index contributed by atoms with van der Waals surface area (Å²) in [6, 6.07) is 3.56. The van der Waals surface area contributed by atoms with E-state index in [4.69, 9.17) is 4.74 Å². The molecule has 27 heavy (non-hydrogen) atoms. The van der Waals surface area contributed by atoms with Gasteiger partial charge in [-0.2, -0.15) is 4.52 Å². The monoisotopic (exact) mass is 370 g/mol. The van der Waals surface area contributed by atoms with Crippen LogP contribution in [0.15, 0.2) is 30.0 Å². The van der Waals surface area contributed by atoms with Crippen molar-refractivity contribution in [1.82, 2.24) is 29.8 Å². The highest BCUT2D eigenvalue weighted by atomic mass is 16.5. The highest BCUT2D eigenvalue weighted by Crippen LogP contribution is 2.30. The molecular weight excluding hydrogens is 344 g/mol. The number of nitrogens with zero attached hydrogens (tertiary/aromatic N) is 6. The van der Waals surface area contributed by atoms with Gasteiger partial charge < -0.3 is 9.64 Å². The summed E-state index contributed by atoms with van der Waals surface area (Å²) >= 11 is 0. The molecule has 0 aliphatic carbocycles. The molecule has 0 radical (unpaired) electrons. The number of tetrazole rings is 1. The van der Waals surface area contributed by atoms with Crippen molar-refractivity contribution in [3.63, 3.8) is 0 Å². The van der Waals surface area contributed by atoms with Crippen LogP contribution in [-0.4, -0.2) is 80.7 Å². The number of hydrogen-bond acceptors (Lipinski definition) is 6. The molecule has 0 bridgehead atoms. The van der Waals surface area contributed by atoms with E-state index >= 15 is 0 Å². The number of fused-ring (bicyclic) bond motifs is 1. The van der Waals surface area contributed by atoms with Gasteiger partial charge in [0.15, 0.2) is 5.65 Å². The standard InChI is InChI=1S/C19H26N6O2/c1-15(2)5-8-23-9-6-19(7-10-23)14-24(11-12-27-19)18(26)16-3-4-17-20-21-22-25(17)13-16/h3-5,13H,6-12,14H2,1-2H3. The third-order valence-corrected chi connectivity index (χ3v) is 5.50. The fourth-order valence-electron chi connectivity index (χ4n) is 3.83. The van der Waals surface area contributed by atoms with Crippen LogP contribution in [0.5, 0.6) is 0 Å². The van der Waals surface area contributed by atoms with Crippen molar-refractivity contribution in [1.29, 1.82) is 0 Å². The highest BCUT2D eigenvalue weighted by Gasteiger charge is 2.41. The summed E-state index contributed by atoms with van der Waals surface area (Å²) in [6.45, 7) is 9.12. The Morgan fingerprint density at radius 3 is 2.85 bits per heavy atom. The molecule has 2 aromatic heterocycles. The number of hydrogen-bond donors (Lipinski definition) is 0. The molecule has 0 N–H and O–H groups in total. The number of ether oxygens (including phenoxy) is 1. The molecule has 144 valence electrons. The van der Waals surface area contributed by atoms with Crippen LogP contribution in [0.3, 0.4) is 0 Å². The van der Waals surface area contributed by atoms with Crippen LogP contribution in [0.25, 0.3) is 5.65 Å². The third-order valence-electron chi connectivity index (χ3n) is 5.50. The summed E-state index contributed by atoms with van der Waals surface area (Å²) in [7, 11) is 0. The van der Waals surface area contributed by atoms with E-state index in [2.05, 4.69) is 40.3 Å². The zero-order chi connectivity index (χ0) is 18.9. The molecule has 4 rings (SSSR count). The van der Waals surface area contributed by atoms with Gasteiger partial charge in [0.05, 0.1) is 24.3 Å². The molecule has 1 spiro atoms. The molecule has 8 nitrogen and oxygen atoms in total. The van der Waals surface area contributed by atoms with E-state index in [-0.39, 0.29) is 11.5 Å². The van der Waals surface area contributed by atoms with Gasteiger partial charge in [-0.3, -0.25) is 9.69 Å². The van der Waals surface area contributed by atoms with Crippen LogP contribution in [0.4, 0.5) is 0 Å². The molecule has 2 fully saturated rings. The molecule has 0 atom stereocenters. The second-order valence-electron chi connectivity index (χ2n) is 7.74. The minimum absolute atomic E-state index is 0.0158. The number of allylic oxidation sites excluding steroid dienone is 1. The second kappa shape index (κ2) is 7.36. The second-order valence-corrected chi connectivity index (χ2v) is 7.74. The molecule has 1 amide bonds. The first-order chi connectivity index (χ1) is 13.0. The molecule has 2 aromatic rings. The van der Waals surface area contributed by atoms with Gasteiger partial charge in [-0.1, -0.05) is 11.6 Å². The van der Waals surface area contributed by atoms with Crippen LogP contribution >= 0.6 is 0 Å². The molecule has 2 aliphatic heterocycles. The molecule has 2 aliphatic rings. The number of carbonyl (C=O) groups is 1. The lowest BCUT2D eigenvalue weighted by Gasteiger charge is -2.47. The minimum Gasteiger partial charge on any atom is -0.371 e. The van der Waals surface area contributed by atoms with E-state index in [1.54, 1.807) is 18.3 Å². The van der Waals surface area contributed by atoms with E-state index in [1.807, 2.05) is 4.90 Å². The van der Waals surface area contributed by atoms with Crippen molar-refractivity contribution < 1.29 is 9.53 Å².